The van der Waals surface area contributed by atoms with E-state index in [1.165, 1.54) is 24.5 Å². The Morgan fingerprint density at radius 3 is 2.61 bits per heavy atom. The van der Waals surface area contributed by atoms with Crippen LogP contribution in [0.4, 0.5) is 13.2 Å². The number of nitriles is 1. The van der Waals surface area contributed by atoms with Crippen molar-refractivity contribution < 1.29 is 27.4 Å². The van der Waals surface area contributed by atoms with E-state index in [2.05, 4.69) is 14.7 Å². The van der Waals surface area contributed by atoms with Crippen LogP contribution in [0.1, 0.15) is 28.9 Å². The van der Waals surface area contributed by atoms with Crippen LogP contribution >= 0.6 is 0 Å². The maximum atomic E-state index is 12.6. The molecule has 146 valence electrons. The summed E-state index contributed by atoms with van der Waals surface area (Å²) in [6.45, 7) is 0.756. The van der Waals surface area contributed by atoms with Crippen LogP contribution in [0.15, 0.2) is 36.7 Å². The third-order valence-corrected chi connectivity index (χ3v) is 4.05. The lowest BCUT2D eigenvalue weighted by Gasteiger charge is -2.32. The topological polar surface area (TPSA) is 88.3 Å². The van der Waals surface area contributed by atoms with Gasteiger partial charge >= 0.3 is 6.36 Å². The molecular formula is C18H15F3N4O3. The number of amides is 1. The number of rotatable bonds is 4. The zero-order valence-electron chi connectivity index (χ0n) is 14.5. The lowest BCUT2D eigenvalue weighted by Crippen LogP contribution is -2.44. The molecule has 1 fully saturated rings. The van der Waals surface area contributed by atoms with Gasteiger partial charge in [0.2, 0.25) is 5.69 Å². The van der Waals surface area contributed by atoms with Crippen LogP contribution in [0.2, 0.25) is 0 Å². The molecule has 2 heterocycles. The molecule has 0 radical (unpaired) electrons. The van der Waals surface area contributed by atoms with Crippen LogP contribution in [0.5, 0.6) is 11.6 Å². The van der Waals surface area contributed by atoms with Gasteiger partial charge in [-0.15, -0.1) is 13.2 Å². The predicted molar refractivity (Wildman–Crippen MR) is 89.4 cm³/mol. The molecule has 0 spiro atoms. The molecule has 1 aliphatic rings. The molecule has 7 nitrogen and oxygen atoms in total. The van der Waals surface area contributed by atoms with Crippen LogP contribution in [0.3, 0.4) is 0 Å². The second kappa shape index (κ2) is 8.12. The Labute approximate surface area is 158 Å². The van der Waals surface area contributed by atoms with Gasteiger partial charge < -0.3 is 14.4 Å². The smallest absolute Gasteiger partial charge is 0.470 e. The van der Waals surface area contributed by atoms with Crippen molar-refractivity contribution in [3.63, 3.8) is 0 Å². The fraction of sp³-hybridized carbons (Fsp3) is 0.333. The van der Waals surface area contributed by atoms with Crippen molar-refractivity contribution in [3.8, 4) is 17.7 Å². The van der Waals surface area contributed by atoms with Gasteiger partial charge in [-0.25, -0.2) is 9.97 Å². The summed E-state index contributed by atoms with van der Waals surface area (Å²) >= 11 is 0. The van der Waals surface area contributed by atoms with Gasteiger partial charge in [0.05, 0.1) is 6.54 Å². The summed E-state index contributed by atoms with van der Waals surface area (Å²) < 4.78 is 46.2. The third-order valence-electron chi connectivity index (χ3n) is 4.05. The van der Waals surface area contributed by atoms with Gasteiger partial charge in [0.15, 0.2) is 0 Å². The number of likely N-dealkylation sites (tertiary alicyclic amines) is 1. The van der Waals surface area contributed by atoms with Gasteiger partial charge in [0.25, 0.3) is 11.8 Å². The zero-order valence-corrected chi connectivity index (χ0v) is 14.5. The maximum Gasteiger partial charge on any atom is 0.573 e. The molecule has 28 heavy (non-hydrogen) atoms. The molecule has 0 N–H and O–H groups in total. The molecule has 1 saturated heterocycles. The first kappa shape index (κ1) is 19.4. The molecule has 1 aliphatic heterocycles. The molecule has 0 aliphatic carbocycles. The van der Waals surface area contributed by atoms with Gasteiger partial charge in [-0.3, -0.25) is 4.79 Å². The van der Waals surface area contributed by atoms with Crippen LogP contribution in [-0.2, 0) is 0 Å². The Bertz CT molecular complexity index is 881. The lowest BCUT2D eigenvalue weighted by molar-refractivity contribution is -0.274. The quantitative estimate of drug-likeness (QED) is 0.795. The highest BCUT2D eigenvalue weighted by Gasteiger charge is 2.31. The van der Waals surface area contributed by atoms with E-state index in [0.29, 0.717) is 19.4 Å². The largest absolute Gasteiger partial charge is 0.573 e. The summed E-state index contributed by atoms with van der Waals surface area (Å²) in [5.41, 5.74) is 0.304. The number of halogens is 3. The fourth-order valence-corrected chi connectivity index (χ4v) is 2.85. The van der Waals surface area contributed by atoms with Crippen LogP contribution in [-0.4, -0.2) is 46.3 Å². The van der Waals surface area contributed by atoms with E-state index in [1.807, 2.05) is 6.07 Å². The first-order valence-corrected chi connectivity index (χ1v) is 8.38. The van der Waals surface area contributed by atoms with Crippen LogP contribution in [0, 0.1) is 11.3 Å². The monoisotopic (exact) mass is 392 g/mol. The fourth-order valence-electron chi connectivity index (χ4n) is 2.85. The van der Waals surface area contributed by atoms with Gasteiger partial charge in [0.1, 0.15) is 17.9 Å². The molecule has 3 rings (SSSR count). The molecule has 1 aromatic heterocycles. The molecule has 1 amide bonds. The summed E-state index contributed by atoms with van der Waals surface area (Å²) in [6, 6.07) is 6.65. The van der Waals surface area contributed by atoms with Crippen LogP contribution in [0.25, 0.3) is 0 Å². The van der Waals surface area contributed by atoms with Crippen molar-refractivity contribution >= 4 is 5.91 Å². The highest BCUT2D eigenvalue weighted by atomic mass is 19.4. The van der Waals surface area contributed by atoms with E-state index in [0.717, 1.165) is 12.1 Å². The van der Waals surface area contributed by atoms with Crippen molar-refractivity contribution in [2.24, 2.45) is 0 Å². The second-order valence-corrected chi connectivity index (χ2v) is 6.03. The SMILES string of the molecule is N#Cc1nccnc1OC1CCCN(C(=O)c2ccc(OC(F)(F)F)cc2)C1. The molecule has 10 heteroatoms. The lowest BCUT2D eigenvalue weighted by atomic mass is 10.1. The number of alkyl halides is 3. The number of benzene rings is 1. The first-order valence-electron chi connectivity index (χ1n) is 8.38. The normalized spacial score (nSPS) is 16.9. The number of ether oxygens (including phenoxy) is 2. The van der Waals surface area contributed by atoms with Crippen molar-refractivity contribution in [2.45, 2.75) is 25.3 Å². The summed E-state index contributed by atoms with van der Waals surface area (Å²) in [6.07, 6.45) is -1.02. The average Bonchev–Trinajstić information content (AvgIpc) is 2.67. The minimum atomic E-state index is -4.79. The number of hydrogen-bond donors (Lipinski definition) is 0. The number of hydrogen-bond acceptors (Lipinski definition) is 6. The van der Waals surface area contributed by atoms with Gasteiger partial charge in [-0.1, -0.05) is 0 Å². The Balaban J connectivity index is 1.65. The Morgan fingerprint density at radius 1 is 1.21 bits per heavy atom. The summed E-state index contributed by atoms with van der Waals surface area (Å²) in [5.74, 6) is -0.611. The van der Waals surface area contributed by atoms with E-state index in [-0.39, 0.29) is 35.7 Å². The van der Waals surface area contributed by atoms with Crippen LogP contribution < -0.4 is 9.47 Å². The van der Waals surface area contributed by atoms with Gasteiger partial charge in [-0.2, -0.15) is 5.26 Å². The summed E-state index contributed by atoms with van der Waals surface area (Å²) in [7, 11) is 0. The average molecular weight is 392 g/mol. The van der Waals surface area contributed by atoms with E-state index in [4.69, 9.17) is 10.00 Å². The zero-order chi connectivity index (χ0) is 20.1. The molecule has 2 aromatic rings. The van der Waals surface area contributed by atoms with Gasteiger partial charge in [0, 0.05) is 24.5 Å². The number of carbonyl (C=O) groups is 1. The van der Waals surface area contributed by atoms with Crippen molar-refractivity contribution in [2.75, 3.05) is 13.1 Å². The predicted octanol–water partition coefficient (Wildman–Crippen LogP) is 2.93. The number of piperidine rings is 1. The Morgan fingerprint density at radius 2 is 1.93 bits per heavy atom. The van der Waals surface area contributed by atoms with E-state index in [9.17, 15) is 18.0 Å². The molecule has 1 aromatic carbocycles. The van der Waals surface area contributed by atoms with Gasteiger partial charge in [-0.05, 0) is 37.1 Å². The van der Waals surface area contributed by atoms with E-state index in [1.54, 1.807) is 4.90 Å². The highest BCUT2D eigenvalue weighted by molar-refractivity contribution is 5.94. The van der Waals surface area contributed by atoms with Crippen molar-refractivity contribution in [3.05, 3.63) is 47.9 Å². The van der Waals surface area contributed by atoms with E-state index < -0.39 is 12.1 Å². The maximum absolute atomic E-state index is 12.6. The second-order valence-electron chi connectivity index (χ2n) is 6.03. The minimum absolute atomic E-state index is 0.0613. The molecule has 1 atom stereocenters. The Kier molecular flexibility index (Phi) is 5.63. The summed E-state index contributed by atoms with van der Waals surface area (Å²) in [5, 5.41) is 9.05. The molecule has 0 bridgehead atoms. The van der Waals surface area contributed by atoms with Crippen molar-refractivity contribution in [1.82, 2.24) is 14.9 Å². The van der Waals surface area contributed by atoms with Crippen molar-refractivity contribution in [1.29, 1.82) is 5.26 Å². The number of carbonyl (C=O) groups excluding carboxylic acids is 1. The standard InChI is InChI=1S/C18H15F3N4O3/c19-18(20,21)28-13-5-3-12(4-6-13)17(26)25-9-1-2-14(11-25)27-16-15(10-22)23-7-8-24-16/h3-8,14H,1-2,9,11H2. The molecule has 1 unspecified atom stereocenters. The number of aromatic nitrogens is 2. The minimum Gasteiger partial charge on any atom is -0.470 e. The Hall–Kier alpha value is -3.35. The number of nitrogens with zero attached hydrogens (tertiary/aromatic N) is 4. The first-order chi connectivity index (χ1) is 13.4. The van der Waals surface area contributed by atoms with E-state index >= 15 is 0 Å². The molecule has 0 saturated carbocycles. The summed E-state index contributed by atoms with van der Waals surface area (Å²) in [4.78, 5) is 22.1. The third kappa shape index (κ3) is 4.88. The molecular weight excluding hydrogens is 377 g/mol. The highest BCUT2D eigenvalue weighted by Crippen LogP contribution is 2.24.